The predicted molar refractivity (Wildman–Crippen MR) is 62.6 cm³/mol. The molecule has 0 amide bonds. The third kappa shape index (κ3) is 1.94. The van der Waals surface area contributed by atoms with Crippen molar-refractivity contribution < 1.29 is 9.15 Å². The molecule has 0 aliphatic carbocycles. The Hall–Kier alpha value is -1.77. The SMILES string of the molecule is COc1cc(C(C)C)ccc1-c1cnco1. The minimum Gasteiger partial charge on any atom is -0.496 e. The molecule has 0 saturated heterocycles. The van der Waals surface area contributed by atoms with Crippen LogP contribution >= 0.6 is 0 Å². The Bertz CT molecular complexity index is 461. The highest BCUT2D eigenvalue weighted by atomic mass is 16.5. The van der Waals surface area contributed by atoms with Crippen LogP contribution in [0.1, 0.15) is 25.3 Å². The number of nitrogens with zero attached hydrogens (tertiary/aromatic N) is 1. The van der Waals surface area contributed by atoms with E-state index in [4.69, 9.17) is 9.15 Å². The van der Waals surface area contributed by atoms with Crippen molar-refractivity contribution in [3.05, 3.63) is 36.4 Å². The van der Waals surface area contributed by atoms with Gasteiger partial charge < -0.3 is 9.15 Å². The van der Waals surface area contributed by atoms with Crippen LogP contribution in [0.5, 0.6) is 5.75 Å². The van der Waals surface area contributed by atoms with Gasteiger partial charge in [-0.3, -0.25) is 0 Å². The Balaban J connectivity index is 2.47. The molecule has 0 atom stereocenters. The summed E-state index contributed by atoms with van der Waals surface area (Å²) < 4.78 is 10.6. The fraction of sp³-hybridized carbons (Fsp3) is 0.308. The average molecular weight is 217 g/mol. The van der Waals surface area contributed by atoms with Gasteiger partial charge >= 0.3 is 0 Å². The molecule has 0 fully saturated rings. The topological polar surface area (TPSA) is 35.3 Å². The summed E-state index contributed by atoms with van der Waals surface area (Å²) in [5.74, 6) is 2.03. The Morgan fingerprint density at radius 2 is 2.12 bits per heavy atom. The summed E-state index contributed by atoms with van der Waals surface area (Å²) in [5.41, 5.74) is 2.18. The normalized spacial score (nSPS) is 10.8. The highest BCUT2D eigenvalue weighted by Crippen LogP contribution is 2.32. The summed E-state index contributed by atoms with van der Waals surface area (Å²) in [5, 5.41) is 0. The van der Waals surface area contributed by atoms with E-state index in [9.17, 15) is 0 Å². The van der Waals surface area contributed by atoms with Crippen LogP contribution in [0.2, 0.25) is 0 Å². The Kier molecular flexibility index (Phi) is 2.95. The molecule has 0 saturated carbocycles. The largest absolute Gasteiger partial charge is 0.496 e. The third-order valence-corrected chi connectivity index (χ3v) is 2.59. The molecule has 0 aliphatic rings. The average Bonchev–Trinajstić information content (AvgIpc) is 2.81. The number of oxazole rings is 1. The lowest BCUT2D eigenvalue weighted by atomic mass is 10.0. The molecule has 0 aliphatic heterocycles. The molecular weight excluding hydrogens is 202 g/mol. The van der Waals surface area contributed by atoms with Crippen LogP contribution in [-0.2, 0) is 0 Å². The van der Waals surface area contributed by atoms with Crippen LogP contribution in [-0.4, -0.2) is 12.1 Å². The smallest absolute Gasteiger partial charge is 0.181 e. The van der Waals surface area contributed by atoms with E-state index in [1.165, 1.54) is 12.0 Å². The van der Waals surface area contributed by atoms with Crippen molar-refractivity contribution in [2.45, 2.75) is 19.8 Å². The monoisotopic (exact) mass is 217 g/mol. The number of hydrogen-bond acceptors (Lipinski definition) is 3. The lowest BCUT2D eigenvalue weighted by Gasteiger charge is -2.10. The molecule has 0 N–H and O–H groups in total. The van der Waals surface area contributed by atoms with Crippen LogP contribution in [0.25, 0.3) is 11.3 Å². The molecule has 0 bridgehead atoms. The first-order chi connectivity index (χ1) is 7.72. The first-order valence-corrected chi connectivity index (χ1v) is 5.29. The molecule has 3 heteroatoms. The molecule has 0 unspecified atom stereocenters. The van der Waals surface area contributed by atoms with Crippen molar-refractivity contribution >= 4 is 0 Å². The zero-order chi connectivity index (χ0) is 11.5. The minimum atomic E-state index is 0.484. The van der Waals surface area contributed by atoms with Gasteiger partial charge in [-0.05, 0) is 23.6 Å². The lowest BCUT2D eigenvalue weighted by molar-refractivity contribution is 0.414. The molecular formula is C13H15NO2. The molecule has 2 aromatic rings. The van der Waals surface area contributed by atoms with Gasteiger partial charge in [-0.25, -0.2) is 4.98 Å². The van der Waals surface area contributed by atoms with Crippen LogP contribution in [0.15, 0.2) is 35.2 Å². The van der Waals surface area contributed by atoms with E-state index in [1.54, 1.807) is 13.3 Å². The van der Waals surface area contributed by atoms with Crippen molar-refractivity contribution in [2.75, 3.05) is 7.11 Å². The van der Waals surface area contributed by atoms with Gasteiger partial charge in [-0.2, -0.15) is 0 Å². The lowest BCUT2D eigenvalue weighted by Crippen LogP contribution is -1.92. The highest BCUT2D eigenvalue weighted by Gasteiger charge is 2.10. The van der Waals surface area contributed by atoms with E-state index < -0.39 is 0 Å². The van der Waals surface area contributed by atoms with Crippen LogP contribution in [0.3, 0.4) is 0 Å². The summed E-state index contributed by atoms with van der Waals surface area (Å²) in [6.45, 7) is 4.31. The number of aromatic nitrogens is 1. The van der Waals surface area contributed by atoms with Gasteiger partial charge in [0.1, 0.15) is 5.75 Å². The van der Waals surface area contributed by atoms with Crippen LogP contribution in [0.4, 0.5) is 0 Å². The number of benzene rings is 1. The minimum absolute atomic E-state index is 0.484. The molecule has 1 aromatic carbocycles. The number of methoxy groups -OCH3 is 1. The first kappa shape index (κ1) is 10.7. The molecule has 2 rings (SSSR count). The van der Waals surface area contributed by atoms with Crippen molar-refractivity contribution in [1.82, 2.24) is 4.98 Å². The number of ether oxygens (including phenoxy) is 1. The maximum absolute atomic E-state index is 5.37. The van der Waals surface area contributed by atoms with Gasteiger partial charge in [0.15, 0.2) is 12.2 Å². The fourth-order valence-electron chi connectivity index (χ4n) is 1.62. The highest BCUT2D eigenvalue weighted by molar-refractivity contribution is 5.65. The molecule has 84 valence electrons. The zero-order valence-corrected chi connectivity index (χ0v) is 9.73. The van der Waals surface area contributed by atoms with Gasteiger partial charge in [0.25, 0.3) is 0 Å². The van der Waals surface area contributed by atoms with Gasteiger partial charge in [-0.15, -0.1) is 0 Å². The second-order valence-electron chi connectivity index (χ2n) is 3.98. The van der Waals surface area contributed by atoms with E-state index >= 15 is 0 Å². The molecule has 16 heavy (non-hydrogen) atoms. The Labute approximate surface area is 95.1 Å². The Morgan fingerprint density at radius 1 is 1.31 bits per heavy atom. The van der Waals surface area contributed by atoms with Gasteiger partial charge in [0, 0.05) is 0 Å². The van der Waals surface area contributed by atoms with E-state index in [0.29, 0.717) is 5.92 Å². The standard InChI is InChI=1S/C13H15NO2/c1-9(2)10-4-5-11(12(6-10)15-3)13-7-14-8-16-13/h4-9H,1-3H3. The second kappa shape index (κ2) is 4.39. The molecule has 3 nitrogen and oxygen atoms in total. The third-order valence-electron chi connectivity index (χ3n) is 2.59. The van der Waals surface area contributed by atoms with Crippen molar-refractivity contribution in [1.29, 1.82) is 0 Å². The fourth-order valence-corrected chi connectivity index (χ4v) is 1.62. The maximum atomic E-state index is 5.37. The molecule has 0 radical (unpaired) electrons. The van der Waals surface area contributed by atoms with E-state index in [0.717, 1.165) is 17.1 Å². The van der Waals surface area contributed by atoms with E-state index in [1.807, 2.05) is 12.1 Å². The maximum Gasteiger partial charge on any atom is 0.181 e. The van der Waals surface area contributed by atoms with Crippen LogP contribution in [0, 0.1) is 0 Å². The molecule has 1 aromatic heterocycles. The summed E-state index contributed by atoms with van der Waals surface area (Å²) in [6.07, 6.45) is 3.11. The van der Waals surface area contributed by atoms with Crippen molar-refractivity contribution in [3.8, 4) is 17.1 Å². The molecule has 0 spiro atoms. The number of rotatable bonds is 3. The van der Waals surface area contributed by atoms with Crippen LogP contribution < -0.4 is 4.74 Å². The van der Waals surface area contributed by atoms with E-state index in [2.05, 4.69) is 24.9 Å². The second-order valence-corrected chi connectivity index (χ2v) is 3.98. The van der Waals surface area contributed by atoms with E-state index in [-0.39, 0.29) is 0 Å². The number of hydrogen-bond donors (Lipinski definition) is 0. The summed E-state index contributed by atoms with van der Waals surface area (Å²) in [4.78, 5) is 3.91. The summed E-state index contributed by atoms with van der Waals surface area (Å²) >= 11 is 0. The summed E-state index contributed by atoms with van der Waals surface area (Å²) in [6, 6.07) is 6.14. The predicted octanol–water partition coefficient (Wildman–Crippen LogP) is 3.47. The van der Waals surface area contributed by atoms with Crippen molar-refractivity contribution in [3.63, 3.8) is 0 Å². The quantitative estimate of drug-likeness (QED) is 0.789. The van der Waals surface area contributed by atoms with Crippen molar-refractivity contribution in [2.24, 2.45) is 0 Å². The Morgan fingerprint density at radius 3 is 2.69 bits per heavy atom. The van der Waals surface area contributed by atoms with Gasteiger partial charge in [0.05, 0.1) is 18.9 Å². The summed E-state index contributed by atoms with van der Waals surface area (Å²) in [7, 11) is 1.67. The first-order valence-electron chi connectivity index (χ1n) is 5.29. The van der Waals surface area contributed by atoms with Gasteiger partial charge in [0.2, 0.25) is 0 Å². The zero-order valence-electron chi connectivity index (χ0n) is 9.73. The van der Waals surface area contributed by atoms with Gasteiger partial charge in [-0.1, -0.05) is 19.9 Å². The molecule has 1 heterocycles.